The Hall–Kier alpha value is 0.431. The van der Waals surface area contributed by atoms with E-state index in [2.05, 4.69) is 13.8 Å². The minimum Gasteiger partial charge on any atom is -0.547 e. The van der Waals surface area contributed by atoms with E-state index in [4.69, 9.17) is 0 Å². The summed E-state index contributed by atoms with van der Waals surface area (Å²) in [6, 6.07) is 0. The van der Waals surface area contributed by atoms with Crippen LogP contribution in [-0.2, 0) is 9.59 Å². The van der Waals surface area contributed by atoms with Crippen LogP contribution in [-0.4, -0.2) is 82.2 Å². The average Bonchev–Trinajstić information content (AvgIpc) is 2.97. The summed E-state index contributed by atoms with van der Waals surface area (Å²) >= 11 is 0. The number of hydrogen-bond acceptors (Lipinski definition) is 6. The predicted molar refractivity (Wildman–Crippen MR) is 187 cm³/mol. The van der Waals surface area contributed by atoms with E-state index in [0.29, 0.717) is 12.8 Å². The van der Waals surface area contributed by atoms with Crippen LogP contribution in [0.25, 0.3) is 0 Å². The molecule has 0 rings (SSSR count). The van der Waals surface area contributed by atoms with Gasteiger partial charge in [0.05, 0.1) is 11.9 Å². The van der Waals surface area contributed by atoms with Crippen LogP contribution in [0.15, 0.2) is 0 Å². The standard InChI is InChI=1S/2C19H38O3.Ba/c2*1-3-4-5-6-7-8-9-10-11-12-13-14-15-16-17-19(2,22)18(20)21;/h2*22H,3-17H2,1-2H3,(H,20,21);/q;;+2/p-2. The van der Waals surface area contributed by atoms with Crippen molar-refractivity contribution < 1.29 is 30.0 Å². The van der Waals surface area contributed by atoms with Crippen LogP contribution >= 0.6 is 0 Å². The second-order valence-corrected chi connectivity index (χ2v) is 13.8. The summed E-state index contributed by atoms with van der Waals surface area (Å²) in [5, 5.41) is 40.3. The molecule has 0 aromatic rings. The molecule has 0 aliphatic heterocycles. The quantitative estimate of drug-likeness (QED) is 0.0525. The topological polar surface area (TPSA) is 121 Å². The van der Waals surface area contributed by atoms with Crippen molar-refractivity contribution in [3.8, 4) is 0 Å². The van der Waals surface area contributed by atoms with Gasteiger partial charge >= 0.3 is 48.9 Å². The number of carboxylic acids is 2. The third-order valence-corrected chi connectivity index (χ3v) is 8.91. The van der Waals surface area contributed by atoms with Crippen LogP contribution in [0.4, 0.5) is 0 Å². The number of carbonyl (C=O) groups excluding carboxylic acids is 2. The second kappa shape index (κ2) is 35.7. The normalized spacial score (nSPS) is 13.6. The maximum atomic E-state index is 10.6. The average molecular weight is 764 g/mol. The summed E-state index contributed by atoms with van der Waals surface area (Å²) in [5.41, 5.74) is -3.31. The van der Waals surface area contributed by atoms with Crippen LogP contribution in [0.3, 0.4) is 0 Å². The molecule has 264 valence electrons. The van der Waals surface area contributed by atoms with Gasteiger partial charge in [0.1, 0.15) is 11.2 Å². The number of aliphatic carboxylic acids is 2. The molecule has 6 nitrogen and oxygen atoms in total. The van der Waals surface area contributed by atoms with Gasteiger partial charge in [0.15, 0.2) is 0 Å². The maximum Gasteiger partial charge on any atom is 2.00 e. The van der Waals surface area contributed by atoms with E-state index in [1.165, 1.54) is 155 Å². The maximum absolute atomic E-state index is 10.6. The molecule has 0 saturated carbocycles. The number of carboxylic acid groups (broad SMARTS) is 2. The molecule has 0 aliphatic carbocycles. The molecule has 0 aromatic heterocycles. The van der Waals surface area contributed by atoms with Crippen molar-refractivity contribution in [3.63, 3.8) is 0 Å². The fourth-order valence-electron chi connectivity index (χ4n) is 5.53. The fraction of sp³-hybridized carbons (Fsp3) is 0.947. The first-order valence-electron chi connectivity index (χ1n) is 18.9. The fourth-order valence-corrected chi connectivity index (χ4v) is 5.53. The van der Waals surface area contributed by atoms with E-state index in [0.717, 1.165) is 38.5 Å². The number of aliphatic hydroxyl groups is 2. The summed E-state index contributed by atoms with van der Waals surface area (Å²) in [6.45, 7) is 7.16. The Morgan fingerprint density at radius 1 is 0.400 bits per heavy atom. The summed E-state index contributed by atoms with van der Waals surface area (Å²) < 4.78 is 0. The SMILES string of the molecule is CCCCCCCCCCCCCCCCC(C)(O)C(=O)[O-].CCCCCCCCCCCCCCCCC(C)(O)C(=O)[O-].[Ba+2]. The van der Waals surface area contributed by atoms with Crippen molar-refractivity contribution in [2.45, 2.75) is 232 Å². The molecule has 0 amide bonds. The van der Waals surface area contributed by atoms with Gasteiger partial charge < -0.3 is 30.0 Å². The van der Waals surface area contributed by atoms with Crippen LogP contribution < -0.4 is 10.2 Å². The Bertz CT molecular complexity index is 584. The molecular formula is C38H74BaO6. The van der Waals surface area contributed by atoms with Gasteiger partial charge in [-0.25, -0.2) is 0 Å². The Morgan fingerprint density at radius 3 is 0.711 bits per heavy atom. The van der Waals surface area contributed by atoms with Crippen LogP contribution in [0, 0.1) is 0 Å². The first-order chi connectivity index (χ1) is 21.0. The van der Waals surface area contributed by atoms with Gasteiger partial charge in [-0.05, 0) is 26.7 Å². The van der Waals surface area contributed by atoms with Gasteiger partial charge in [-0.15, -0.1) is 0 Å². The monoisotopic (exact) mass is 764 g/mol. The summed E-state index contributed by atoms with van der Waals surface area (Å²) in [6.07, 6.45) is 36.2. The van der Waals surface area contributed by atoms with Gasteiger partial charge in [0.2, 0.25) is 0 Å². The van der Waals surface area contributed by atoms with Gasteiger partial charge in [-0.1, -0.05) is 194 Å². The van der Waals surface area contributed by atoms with Gasteiger partial charge in [0, 0.05) is 0 Å². The van der Waals surface area contributed by atoms with E-state index in [1.807, 2.05) is 0 Å². The molecular weight excluding hydrogens is 690 g/mol. The summed E-state index contributed by atoms with van der Waals surface area (Å²) in [5.74, 6) is -2.72. The molecule has 0 heterocycles. The predicted octanol–water partition coefficient (Wildman–Crippen LogP) is 8.34. The summed E-state index contributed by atoms with van der Waals surface area (Å²) in [7, 11) is 0. The largest absolute Gasteiger partial charge is 2.00 e. The summed E-state index contributed by atoms with van der Waals surface area (Å²) in [4.78, 5) is 21.2. The van der Waals surface area contributed by atoms with Crippen molar-refractivity contribution in [1.29, 1.82) is 0 Å². The number of rotatable bonds is 32. The Morgan fingerprint density at radius 2 is 0.556 bits per heavy atom. The smallest absolute Gasteiger partial charge is 0.547 e. The minimum atomic E-state index is -1.66. The molecule has 0 saturated heterocycles. The first kappa shape index (κ1) is 49.8. The molecule has 2 unspecified atom stereocenters. The van der Waals surface area contributed by atoms with E-state index in [-0.39, 0.29) is 48.9 Å². The number of carbonyl (C=O) groups is 2. The van der Waals surface area contributed by atoms with Crippen molar-refractivity contribution in [3.05, 3.63) is 0 Å². The molecule has 7 heteroatoms. The third-order valence-electron chi connectivity index (χ3n) is 8.91. The Balaban J connectivity index is -0.000000767. The van der Waals surface area contributed by atoms with E-state index in [9.17, 15) is 30.0 Å². The number of unbranched alkanes of at least 4 members (excludes halogenated alkanes) is 26. The second-order valence-electron chi connectivity index (χ2n) is 13.8. The zero-order chi connectivity index (χ0) is 33.4. The Kier molecular flexibility index (Phi) is 39.6. The van der Waals surface area contributed by atoms with Crippen LogP contribution in [0.1, 0.15) is 220 Å². The molecule has 45 heavy (non-hydrogen) atoms. The molecule has 0 radical (unpaired) electrons. The van der Waals surface area contributed by atoms with Crippen LogP contribution in [0.2, 0.25) is 0 Å². The van der Waals surface area contributed by atoms with Gasteiger partial charge in [0.25, 0.3) is 0 Å². The molecule has 2 atom stereocenters. The van der Waals surface area contributed by atoms with E-state index < -0.39 is 23.1 Å². The van der Waals surface area contributed by atoms with Crippen LogP contribution in [0.5, 0.6) is 0 Å². The molecule has 0 spiro atoms. The first-order valence-corrected chi connectivity index (χ1v) is 18.9. The molecule has 2 N–H and O–H groups in total. The van der Waals surface area contributed by atoms with Gasteiger partial charge in [-0.3, -0.25) is 0 Å². The zero-order valence-electron chi connectivity index (χ0n) is 30.4. The number of hydrogen-bond donors (Lipinski definition) is 2. The third kappa shape index (κ3) is 37.1. The van der Waals surface area contributed by atoms with Crippen molar-refractivity contribution in [1.82, 2.24) is 0 Å². The van der Waals surface area contributed by atoms with Gasteiger partial charge in [-0.2, -0.15) is 0 Å². The minimum absolute atomic E-state index is 0. The van der Waals surface area contributed by atoms with Crippen molar-refractivity contribution in [2.75, 3.05) is 0 Å². The molecule has 0 aromatic carbocycles. The van der Waals surface area contributed by atoms with E-state index >= 15 is 0 Å². The van der Waals surface area contributed by atoms with Crippen molar-refractivity contribution >= 4 is 60.8 Å². The molecule has 0 aliphatic rings. The Labute approximate surface area is 319 Å². The molecule has 0 bridgehead atoms. The molecule has 0 fully saturated rings. The zero-order valence-corrected chi connectivity index (χ0v) is 34.9. The van der Waals surface area contributed by atoms with Crippen molar-refractivity contribution in [2.24, 2.45) is 0 Å². The van der Waals surface area contributed by atoms with E-state index in [1.54, 1.807) is 0 Å².